The molecule has 0 amide bonds. The van der Waals surface area contributed by atoms with E-state index in [1.165, 1.54) is 6.07 Å². The number of halogens is 1. The second kappa shape index (κ2) is 4.31. The normalized spacial score (nSPS) is 10.2. The largest absolute Gasteiger partial charge is 0.298 e. The molecule has 0 aliphatic heterocycles. The maximum absolute atomic E-state index is 13.0. The molecule has 0 bridgehead atoms. The molecule has 0 saturated heterocycles. The van der Waals surface area contributed by atoms with Gasteiger partial charge < -0.3 is 0 Å². The van der Waals surface area contributed by atoms with Crippen LogP contribution >= 0.6 is 11.3 Å². The molecule has 0 aliphatic carbocycles. The van der Waals surface area contributed by atoms with Crippen molar-refractivity contribution in [2.24, 2.45) is 0 Å². The fraction of sp³-hybridized carbons (Fsp3) is 0.0909. The smallest absolute Gasteiger partial charge is 0.153 e. The van der Waals surface area contributed by atoms with E-state index in [1.807, 2.05) is 5.38 Å². The minimum absolute atomic E-state index is 0.101. The average Bonchev–Trinajstić information content (AvgIpc) is 2.73. The van der Waals surface area contributed by atoms with Crippen LogP contribution in [0.2, 0.25) is 0 Å². The second-order valence-corrected chi connectivity index (χ2v) is 4.06. The van der Waals surface area contributed by atoms with Crippen LogP contribution in [0.4, 0.5) is 4.39 Å². The van der Waals surface area contributed by atoms with E-state index >= 15 is 0 Å². The minimum Gasteiger partial charge on any atom is -0.298 e. The van der Waals surface area contributed by atoms with E-state index in [2.05, 4.69) is 4.98 Å². The third-order valence-corrected chi connectivity index (χ3v) is 2.81. The molecule has 0 atom stereocenters. The number of carbonyl (C=O) groups is 1. The highest BCUT2D eigenvalue weighted by Crippen LogP contribution is 2.14. The molecule has 0 spiro atoms. The average molecular weight is 221 g/mol. The lowest BCUT2D eigenvalue weighted by Crippen LogP contribution is -1.92. The van der Waals surface area contributed by atoms with Crippen LogP contribution in [0.15, 0.2) is 29.8 Å². The zero-order valence-corrected chi connectivity index (χ0v) is 8.63. The molecule has 2 aromatic rings. The van der Waals surface area contributed by atoms with Crippen LogP contribution < -0.4 is 0 Å². The highest BCUT2D eigenvalue weighted by atomic mass is 32.1. The minimum atomic E-state index is -0.479. The maximum atomic E-state index is 13.0. The molecular formula is C11H8FNOS. The summed E-state index contributed by atoms with van der Waals surface area (Å²) in [6.45, 7) is 0. The maximum Gasteiger partial charge on any atom is 0.153 e. The van der Waals surface area contributed by atoms with Gasteiger partial charge in [-0.15, -0.1) is 11.3 Å². The first kappa shape index (κ1) is 9.98. The first-order valence-corrected chi connectivity index (χ1v) is 5.29. The summed E-state index contributed by atoms with van der Waals surface area (Å²) in [5.74, 6) is -0.479. The van der Waals surface area contributed by atoms with Crippen LogP contribution in [-0.4, -0.2) is 11.3 Å². The van der Waals surface area contributed by atoms with E-state index in [-0.39, 0.29) is 5.56 Å². The predicted molar refractivity (Wildman–Crippen MR) is 56.7 cm³/mol. The van der Waals surface area contributed by atoms with Crippen molar-refractivity contribution in [1.82, 2.24) is 4.98 Å². The third kappa shape index (κ3) is 2.27. The van der Waals surface area contributed by atoms with E-state index < -0.39 is 5.82 Å². The Kier molecular flexibility index (Phi) is 2.87. The van der Waals surface area contributed by atoms with Gasteiger partial charge in [-0.1, -0.05) is 6.07 Å². The lowest BCUT2D eigenvalue weighted by Gasteiger charge is -2.00. The number of carbonyl (C=O) groups excluding carboxylic acids is 1. The number of rotatable bonds is 3. The molecule has 1 aromatic carbocycles. The highest BCUT2D eigenvalue weighted by molar-refractivity contribution is 7.09. The summed E-state index contributed by atoms with van der Waals surface area (Å²) in [7, 11) is 0. The van der Waals surface area contributed by atoms with Crippen LogP contribution in [-0.2, 0) is 6.42 Å². The molecule has 2 rings (SSSR count). The molecule has 2 nitrogen and oxygen atoms in total. The van der Waals surface area contributed by atoms with Gasteiger partial charge in [0.25, 0.3) is 0 Å². The Morgan fingerprint density at radius 1 is 1.47 bits per heavy atom. The summed E-state index contributed by atoms with van der Waals surface area (Å²) in [4.78, 5) is 14.7. The Hall–Kier alpha value is -1.55. The van der Waals surface area contributed by atoms with Crippen molar-refractivity contribution in [2.45, 2.75) is 6.42 Å². The van der Waals surface area contributed by atoms with Gasteiger partial charge in [-0.2, -0.15) is 0 Å². The number of hydrogen-bond acceptors (Lipinski definition) is 3. The zero-order valence-electron chi connectivity index (χ0n) is 7.81. The van der Waals surface area contributed by atoms with Gasteiger partial charge in [0.15, 0.2) is 6.29 Å². The van der Waals surface area contributed by atoms with Crippen molar-refractivity contribution in [2.75, 3.05) is 0 Å². The summed E-state index contributed by atoms with van der Waals surface area (Å²) >= 11 is 1.54. The van der Waals surface area contributed by atoms with Crippen molar-refractivity contribution in [3.05, 3.63) is 51.7 Å². The Bertz CT molecular complexity index is 467. The molecule has 1 aromatic heterocycles. The quantitative estimate of drug-likeness (QED) is 0.746. The fourth-order valence-corrected chi connectivity index (χ4v) is 1.96. The van der Waals surface area contributed by atoms with Crippen LogP contribution in [0, 0.1) is 5.82 Å². The summed E-state index contributed by atoms with van der Waals surface area (Å²) < 4.78 is 13.0. The number of thiazole rings is 1. The Balaban J connectivity index is 2.26. The number of benzene rings is 1. The SMILES string of the molecule is O=Cc1cc(Cc2nccs2)ccc1F. The molecule has 1 heterocycles. The van der Waals surface area contributed by atoms with Crippen LogP contribution in [0.1, 0.15) is 20.9 Å². The summed E-state index contributed by atoms with van der Waals surface area (Å²) in [5.41, 5.74) is 0.998. The van der Waals surface area contributed by atoms with Crippen molar-refractivity contribution in [3.63, 3.8) is 0 Å². The van der Waals surface area contributed by atoms with Crippen molar-refractivity contribution >= 4 is 17.6 Å². The van der Waals surface area contributed by atoms with Gasteiger partial charge in [0.2, 0.25) is 0 Å². The van der Waals surface area contributed by atoms with Gasteiger partial charge in [0.05, 0.1) is 10.6 Å². The molecule has 0 saturated carbocycles. The Labute approximate surface area is 90.4 Å². The lowest BCUT2D eigenvalue weighted by atomic mass is 10.1. The molecule has 0 unspecified atom stereocenters. The highest BCUT2D eigenvalue weighted by Gasteiger charge is 2.04. The molecule has 0 fully saturated rings. The van der Waals surface area contributed by atoms with Crippen LogP contribution in [0.25, 0.3) is 0 Å². The fourth-order valence-electron chi connectivity index (χ4n) is 1.31. The van der Waals surface area contributed by atoms with Gasteiger partial charge >= 0.3 is 0 Å². The summed E-state index contributed by atoms with van der Waals surface area (Å²) in [6, 6.07) is 4.54. The molecule has 4 heteroatoms. The van der Waals surface area contributed by atoms with Crippen LogP contribution in [0.3, 0.4) is 0 Å². The van der Waals surface area contributed by atoms with E-state index in [0.717, 1.165) is 10.6 Å². The van der Waals surface area contributed by atoms with Crippen molar-refractivity contribution in [1.29, 1.82) is 0 Å². The molecule has 76 valence electrons. The van der Waals surface area contributed by atoms with Gasteiger partial charge in [0, 0.05) is 18.0 Å². The van der Waals surface area contributed by atoms with E-state index in [9.17, 15) is 9.18 Å². The lowest BCUT2D eigenvalue weighted by molar-refractivity contribution is 0.111. The third-order valence-electron chi connectivity index (χ3n) is 2.03. The molecule has 15 heavy (non-hydrogen) atoms. The topological polar surface area (TPSA) is 30.0 Å². The molecular weight excluding hydrogens is 213 g/mol. The Morgan fingerprint density at radius 2 is 2.33 bits per heavy atom. The summed E-state index contributed by atoms with van der Waals surface area (Å²) in [5, 5.41) is 2.85. The molecule has 0 aliphatic rings. The molecule has 0 radical (unpaired) electrons. The van der Waals surface area contributed by atoms with E-state index in [4.69, 9.17) is 0 Å². The predicted octanol–water partition coefficient (Wildman–Crippen LogP) is 2.69. The number of aldehydes is 1. The van der Waals surface area contributed by atoms with Gasteiger partial charge in [0.1, 0.15) is 5.82 Å². The first-order chi connectivity index (χ1) is 7.29. The zero-order chi connectivity index (χ0) is 10.7. The molecule has 0 N–H and O–H groups in total. The van der Waals surface area contributed by atoms with Gasteiger partial charge in [-0.25, -0.2) is 9.37 Å². The monoisotopic (exact) mass is 221 g/mol. The second-order valence-electron chi connectivity index (χ2n) is 3.08. The Morgan fingerprint density at radius 3 is 3.00 bits per heavy atom. The van der Waals surface area contributed by atoms with E-state index in [1.54, 1.807) is 29.7 Å². The first-order valence-electron chi connectivity index (χ1n) is 4.41. The van der Waals surface area contributed by atoms with Gasteiger partial charge in [-0.3, -0.25) is 4.79 Å². The number of hydrogen-bond donors (Lipinski definition) is 0. The standard InChI is InChI=1S/C11H8FNOS/c12-10-2-1-8(5-9(10)7-14)6-11-13-3-4-15-11/h1-5,7H,6H2. The van der Waals surface area contributed by atoms with Crippen molar-refractivity contribution < 1.29 is 9.18 Å². The summed E-state index contributed by atoms with van der Waals surface area (Å²) in [6.07, 6.45) is 2.89. The van der Waals surface area contributed by atoms with Crippen LogP contribution in [0.5, 0.6) is 0 Å². The van der Waals surface area contributed by atoms with Crippen molar-refractivity contribution in [3.8, 4) is 0 Å². The van der Waals surface area contributed by atoms with E-state index in [0.29, 0.717) is 12.7 Å². The number of nitrogens with zero attached hydrogens (tertiary/aromatic N) is 1. The van der Waals surface area contributed by atoms with Gasteiger partial charge in [-0.05, 0) is 17.7 Å². The number of aromatic nitrogens is 1.